The van der Waals surface area contributed by atoms with Crippen molar-refractivity contribution in [3.63, 3.8) is 0 Å². The van der Waals surface area contributed by atoms with Crippen molar-refractivity contribution in [2.45, 2.75) is 104 Å². The molecule has 62 heavy (non-hydrogen) atoms. The molecule has 2 N–H and O–H groups in total. The summed E-state index contributed by atoms with van der Waals surface area (Å²) in [5, 5.41) is 11.7. The van der Waals surface area contributed by atoms with E-state index in [9.17, 15) is 19.7 Å². The van der Waals surface area contributed by atoms with Crippen LogP contribution in [-0.4, -0.2) is 167 Å². The van der Waals surface area contributed by atoms with Crippen LogP contribution < -0.4 is 25.3 Å². The van der Waals surface area contributed by atoms with Gasteiger partial charge in [0.25, 0.3) is 5.69 Å². The van der Waals surface area contributed by atoms with E-state index in [0.717, 1.165) is 101 Å². The van der Waals surface area contributed by atoms with Crippen molar-refractivity contribution in [2.75, 3.05) is 132 Å². The number of carbonyl (C=O) groups is 2. The number of carbonyl (C=O) groups excluding carboxylic acids is 2. The summed E-state index contributed by atoms with van der Waals surface area (Å²) >= 11 is 0. The van der Waals surface area contributed by atoms with Crippen LogP contribution in [-0.2, 0) is 9.47 Å². The molecule has 346 valence electrons. The van der Waals surface area contributed by atoms with E-state index in [2.05, 4.69) is 50.4 Å². The summed E-state index contributed by atoms with van der Waals surface area (Å²) in [6, 6.07) is 8.62. The standard InChI is InChI=1S/C23H37N5O4.C23H39N5O2/c1-17-15-21(28(30)31)20(25(6)22(29)32-23(2,3)4)16-19(17)27-9-7-18(8-10-27)26-13-11-24(5)12-14-26;1-17-15-19(24)21(26(6)22(29)30-23(2,3)4)16-20(17)28-9-7-18(8-10-28)27-13-11-25(5)12-14-27/h15-16,18H,7-14H2,1-6H3;15-16,18H,7-14,24H2,1-6H3. The second-order valence-corrected chi connectivity index (χ2v) is 19.8. The van der Waals surface area contributed by atoms with Gasteiger partial charge in [0.1, 0.15) is 16.9 Å². The van der Waals surface area contributed by atoms with Crippen molar-refractivity contribution in [1.29, 1.82) is 0 Å². The topological polar surface area (TPSA) is 148 Å². The van der Waals surface area contributed by atoms with E-state index in [0.29, 0.717) is 23.5 Å². The molecule has 0 unspecified atom stereocenters. The van der Waals surface area contributed by atoms with E-state index in [-0.39, 0.29) is 11.4 Å². The van der Waals surface area contributed by atoms with Gasteiger partial charge in [-0.15, -0.1) is 0 Å². The summed E-state index contributed by atoms with van der Waals surface area (Å²) in [7, 11) is 7.62. The molecule has 0 aromatic heterocycles. The molecule has 0 aliphatic carbocycles. The largest absolute Gasteiger partial charge is 0.443 e. The average molecular weight is 865 g/mol. The summed E-state index contributed by atoms with van der Waals surface area (Å²) in [5.41, 5.74) is 10.6. The van der Waals surface area contributed by atoms with E-state index >= 15 is 0 Å². The minimum atomic E-state index is -0.682. The first-order valence-electron chi connectivity index (χ1n) is 22.5. The van der Waals surface area contributed by atoms with Gasteiger partial charge in [-0.05, 0) is 124 Å². The Balaban J connectivity index is 0.000000235. The number of anilines is 5. The highest BCUT2D eigenvalue weighted by molar-refractivity contribution is 5.93. The third-order valence-electron chi connectivity index (χ3n) is 12.6. The molecule has 6 rings (SSSR count). The average Bonchev–Trinajstić information content (AvgIpc) is 3.20. The van der Waals surface area contributed by atoms with Crippen molar-refractivity contribution < 1.29 is 24.0 Å². The summed E-state index contributed by atoms with van der Waals surface area (Å²) in [4.78, 5) is 54.0. The lowest BCUT2D eigenvalue weighted by Crippen LogP contribution is -2.52. The van der Waals surface area contributed by atoms with Crippen LogP contribution in [0, 0.1) is 24.0 Å². The highest BCUT2D eigenvalue weighted by Gasteiger charge is 2.32. The van der Waals surface area contributed by atoms with Crippen molar-refractivity contribution >= 4 is 46.3 Å². The van der Waals surface area contributed by atoms with E-state index in [4.69, 9.17) is 15.2 Å². The molecule has 2 aromatic carbocycles. The first kappa shape index (κ1) is 48.6. The highest BCUT2D eigenvalue weighted by atomic mass is 16.6. The molecule has 4 fully saturated rings. The van der Waals surface area contributed by atoms with E-state index in [1.54, 1.807) is 40.0 Å². The summed E-state index contributed by atoms with van der Waals surface area (Å²) < 4.78 is 11.0. The third-order valence-corrected chi connectivity index (χ3v) is 12.6. The fourth-order valence-electron chi connectivity index (χ4n) is 8.94. The van der Waals surface area contributed by atoms with Crippen LogP contribution >= 0.6 is 0 Å². The second kappa shape index (κ2) is 20.4. The van der Waals surface area contributed by atoms with E-state index < -0.39 is 28.3 Å². The molecule has 0 radical (unpaired) electrons. The third kappa shape index (κ3) is 12.9. The Kier molecular flexibility index (Phi) is 16.0. The molecule has 0 spiro atoms. The van der Waals surface area contributed by atoms with Gasteiger partial charge in [-0.2, -0.15) is 0 Å². The summed E-state index contributed by atoms with van der Waals surface area (Å²) in [6.07, 6.45) is 3.48. The Morgan fingerprint density at radius 2 is 0.984 bits per heavy atom. The quantitative estimate of drug-likeness (QED) is 0.180. The number of nitro groups is 1. The zero-order chi connectivity index (χ0) is 45.7. The van der Waals surface area contributed by atoms with Crippen molar-refractivity contribution in [2.24, 2.45) is 0 Å². The monoisotopic (exact) mass is 865 g/mol. The molecule has 4 aliphatic rings. The van der Waals surface area contributed by atoms with Gasteiger partial charge in [-0.1, -0.05) is 0 Å². The molecule has 2 aromatic rings. The molecular formula is C46H76N10O6. The summed E-state index contributed by atoms with van der Waals surface area (Å²) in [6.45, 7) is 27.9. The van der Waals surface area contributed by atoms with Gasteiger partial charge in [0.2, 0.25) is 0 Å². The molecule has 0 saturated carbocycles. The molecule has 4 aliphatic heterocycles. The maximum Gasteiger partial charge on any atom is 0.414 e. The Bertz CT molecular complexity index is 1850. The normalized spacial score (nSPS) is 19.4. The molecule has 2 amide bonds. The number of nitrogens with two attached hydrogens (primary N) is 1. The predicted octanol–water partition coefficient (Wildman–Crippen LogP) is 6.66. The number of likely N-dealkylation sites (N-methyl/N-ethyl adjacent to an activating group) is 2. The zero-order valence-corrected chi connectivity index (χ0v) is 39.8. The second-order valence-electron chi connectivity index (χ2n) is 19.8. The highest BCUT2D eigenvalue weighted by Crippen LogP contribution is 2.38. The number of nitrogens with zero attached hydrogens (tertiary/aromatic N) is 9. The van der Waals surface area contributed by atoms with Crippen molar-refractivity contribution in [1.82, 2.24) is 19.6 Å². The lowest BCUT2D eigenvalue weighted by molar-refractivity contribution is -0.384. The first-order chi connectivity index (χ1) is 29.0. The molecule has 4 saturated heterocycles. The Morgan fingerprint density at radius 1 is 0.629 bits per heavy atom. The van der Waals surface area contributed by atoms with Gasteiger partial charge < -0.3 is 34.8 Å². The Morgan fingerprint density at radius 3 is 1.35 bits per heavy atom. The van der Waals surface area contributed by atoms with E-state index in [1.807, 2.05) is 39.8 Å². The van der Waals surface area contributed by atoms with Crippen molar-refractivity contribution in [3.8, 4) is 0 Å². The predicted molar refractivity (Wildman–Crippen MR) is 251 cm³/mol. The fraction of sp³-hybridized carbons (Fsp3) is 0.696. The number of rotatable bonds is 7. The fourth-order valence-corrected chi connectivity index (χ4v) is 8.94. The lowest BCUT2D eigenvalue weighted by atomic mass is 10.00. The minimum Gasteiger partial charge on any atom is -0.443 e. The molecule has 4 heterocycles. The van der Waals surface area contributed by atoms with Crippen LogP contribution in [0.1, 0.15) is 78.4 Å². The van der Waals surface area contributed by atoms with Crippen LogP contribution in [0.4, 0.5) is 43.7 Å². The van der Waals surface area contributed by atoms with Gasteiger partial charge >= 0.3 is 12.2 Å². The number of hydrogen-bond acceptors (Lipinski definition) is 13. The number of ether oxygens (including phenoxy) is 2. The maximum absolute atomic E-state index is 12.6. The smallest absolute Gasteiger partial charge is 0.414 e. The van der Waals surface area contributed by atoms with Crippen LogP contribution in [0.15, 0.2) is 24.3 Å². The van der Waals surface area contributed by atoms with Gasteiger partial charge in [0.15, 0.2) is 0 Å². The van der Waals surface area contributed by atoms with Crippen molar-refractivity contribution in [3.05, 3.63) is 45.5 Å². The van der Waals surface area contributed by atoms with Crippen LogP contribution in [0.2, 0.25) is 0 Å². The number of aryl methyl sites for hydroxylation is 2. The first-order valence-corrected chi connectivity index (χ1v) is 22.5. The Labute approximate surface area is 371 Å². The number of nitro benzene ring substituents is 1. The number of piperidine rings is 2. The molecule has 0 bridgehead atoms. The molecule has 0 atom stereocenters. The number of benzene rings is 2. The van der Waals surface area contributed by atoms with Crippen LogP contribution in [0.5, 0.6) is 0 Å². The molecular weight excluding hydrogens is 789 g/mol. The minimum absolute atomic E-state index is 0.0908. The zero-order valence-electron chi connectivity index (χ0n) is 39.8. The van der Waals surface area contributed by atoms with Crippen LogP contribution in [0.3, 0.4) is 0 Å². The molecule has 16 heteroatoms. The number of nitrogen functional groups attached to an aromatic ring is 1. The maximum atomic E-state index is 12.6. The van der Waals surface area contributed by atoms with Gasteiger partial charge in [0, 0.05) is 122 Å². The number of hydrogen-bond donors (Lipinski definition) is 1. The van der Waals surface area contributed by atoms with E-state index in [1.165, 1.54) is 42.8 Å². The number of amides is 2. The number of piperazine rings is 2. The van der Waals surface area contributed by atoms with Crippen LogP contribution in [0.25, 0.3) is 0 Å². The summed E-state index contributed by atoms with van der Waals surface area (Å²) in [5.74, 6) is 0. The SMILES string of the molecule is Cc1cc(N)c(N(C)C(=O)OC(C)(C)C)cc1N1CCC(N2CCN(C)CC2)CC1.Cc1cc([N+](=O)[O-])c(N(C)C(=O)OC(C)(C)C)cc1N1CCC(N2CCN(C)CC2)CC1. The molecule has 16 nitrogen and oxygen atoms in total. The lowest BCUT2D eigenvalue weighted by Gasteiger charge is -2.43. The van der Waals surface area contributed by atoms with Gasteiger partial charge in [0.05, 0.1) is 16.3 Å². The van der Waals surface area contributed by atoms with Gasteiger partial charge in [-0.25, -0.2) is 9.59 Å². The van der Waals surface area contributed by atoms with Gasteiger partial charge in [-0.3, -0.25) is 29.7 Å². The Hall–Kier alpha value is -4.38.